The van der Waals surface area contributed by atoms with Gasteiger partial charge < -0.3 is 20.1 Å². The number of para-hydroxylation sites is 1. The molecule has 0 bridgehead atoms. The summed E-state index contributed by atoms with van der Waals surface area (Å²) in [4.78, 5) is 23.9. The van der Waals surface area contributed by atoms with Crippen molar-refractivity contribution in [2.75, 3.05) is 25.1 Å². The Morgan fingerprint density at radius 2 is 1.92 bits per heavy atom. The van der Waals surface area contributed by atoms with Crippen LogP contribution in [0.5, 0.6) is 5.75 Å². The second-order valence-corrected chi connectivity index (χ2v) is 5.95. The zero-order valence-electron chi connectivity index (χ0n) is 14.7. The van der Waals surface area contributed by atoms with Crippen molar-refractivity contribution in [1.82, 2.24) is 5.32 Å². The number of hydrogen-bond acceptors (Lipinski definition) is 5. The van der Waals surface area contributed by atoms with Crippen molar-refractivity contribution < 1.29 is 19.1 Å². The minimum atomic E-state index is -0.352. The molecule has 1 heterocycles. The summed E-state index contributed by atoms with van der Waals surface area (Å²) in [5.41, 5.74) is 2.26. The van der Waals surface area contributed by atoms with E-state index in [1.165, 1.54) is 0 Å². The summed E-state index contributed by atoms with van der Waals surface area (Å²) < 4.78 is 10.6. The van der Waals surface area contributed by atoms with Gasteiger partial charge in [0.2, 0.25) is 5.91 Å². The van der Waals surface area contributed by atoms with E-state index in [0.717, 1.165) is 23.4 Å². The average Bonchev–Trinajstić information content (AvgIpc) is 2.67. The van der Waals surface area contributed by atoms with Gasteiger partial charge in [-0.15, -0.1) is 0 Å². The molecule has 2 aromatic rings. The third kappa shape index (κ3) is 4.33. The van der Waals surface area contributed by atoms with E-state index in [9.17, 15) is 9.59 Å². The summed E-state index contributed by atoms with van der Waals surface area (Å²) >= 11 is 0. The lowest BCUT2D eigenvalue weighted by atomic mass is 10.0. The fourth-order valence-electron chi connectivity index (χ4n) is 2.86. The lowest BCUT2D eigenvalue weighted by molar-refractivity contribution is -0.120. The van der Waals surface area contributed by atoms with E-state index in [4.69, 9.17) is 9.47 Å². The van der Waals surface area contributed by atoms with Gasteiger partial charge in [-0.1, -0.05) is 18.2 Å². The first-order valence-corrected chi connectivity index (χ1v) is 8.69. The van der Waals surface area contributed by atoms with Crippen molar-refractivity contribution in [2.45, 2.75) is 19.4 Å². The summed E-state index contributed by atoms with van der Waals surface area (Å²) in [6.07, 6.45) is 0.747. The number of ether oxygens (including phenoxy) is 2. The number of benzene rings is 2. The zero-order chi connectivity index (χ0) is 18.4. The van der Waals surface area contributed by atoms with Crippen LogP contribution in [0.3, 0.4) is 0 Å². The maximum absolute atomic E-state index is 12.3. The Kier molecular flexibility index (Phi) is 5.73. The molecule has 1 amide bonds. The van der Waals surface area contributed by atoms with Crippen LogP contribution in [0.1, 0.15) is 35.3 Å². The van der Waals surface area contributed by atoms with E-state index in [2.05, 4.69) is 10.6 Å². The highest BCUT2D eigenvalue weighted by Gasteiger charge is 2.22. The van der Waals surface area contributed by atoms with Crippen LogP contribution in [0.2, 0.25) is 0 Å². The maximum atomic E-state index is 12.3. The quantitative estimate of drug-likeness (QED) is 0.780. The molecule has 0 saturated heterocycles. The van der Waals surface area contributed by atoms with Gasteiger partial charge in [0.25, 0.3) is 0 Å². The summed E-state index contributed by atoms with van der Waals surface area (Å²) in [6, 6.07) is 14.6. The molecule has 1 unspecified atom stereocenters. The Hall–Kier alpha value is -3.02. The second-order valence-electron chi connectivity index (χ2n) is 5.95. The predicted octanol–water partition coefficient (Wildman–Crippen LogP) is 2.92. The van der Waals surface area contributed by atoms with Gasteiger partial charge in [-0.05, 0) is 37.3 Å². The Balaban J connectivity index is 1.53. The SMILES string of the molecule is CCOC(=O)c1ccc(NCC(=O)NC2CCOc3ccccc32)cc1. The van der Waals surface area contributed by atoms with Gasteiger partial charge in [0.1, 0.15) is 5.75 Å². The molecule has 0 aliphatic carbocycles. The standard InChI is InChI=1S/C20H22N2O4/c1-2-25-20(24)14-7-9-15(10-8-14)21-13-19(23)22-17-11-12-26-18-6-4-3-5-16(17)18/h3-10,17,21H,2,11-13H2,1H3,(H,22,23). The first-order chi connectivity index (χ1) is 12.7. The summed E-state index contributed by atoms with van der Waals surface area (Å²) in [6.45, 7) is 2.85. The van der Waals surface area contributed by atoms with E-state index in [1.54, 1.807) is 31.2 Å². The molecule has 1 atom stereocenters. The number of hydrogen-bond donors (Lipinski definition) is 2. The predicted molar refractivity (Wildman–Crippen MR) is 98.3 cm³/mol. The highest BCUT2D eigenvalue weighted by Crippen LogP contribution is 2.31. The third-order valence-corrected chi connectivity index (χ3v) is 4.14. The molecule has 1 aliphatic rings. The molecule has 3 rings (SSSR count). The van der Waals surface area contributed by atoms with Gasteiger partial charge >= 0.3 is 5.97 Å². The van der Waals surface area contributed by atoms with Crippen LogP contribution < -0.4 is 15.4 Å². The molecule has 136 valence electrons. The van der Waals surface area contributed by atoms with Gasteiger partial charge in [0.05, 0.1) is 31.4 Å². The molecule has 0 radical (unpaired) electrons. The number of nitrogens with one attached hydrogen (secondary N) is 2. The highest BCUT2D eigenvalue weighted by atomic mass is 16.5. The number of carbonyl (C=O) groups is 2. The number of fused-ring (bicyclic) bond motifs is 1. The van der Waals surface area contributed by atoms with Crippen LogP contribution in [-0.4, -0.2) is 31.6 Å². The molecule has 2 N–H and O–H groups in total. The van der Waals surface area contributed by atoms with Crippen molar-refractivity contribution in [3.05, 3.63) is 59.7 Å². The Morgan fingerprint density at radius 3 is 2.69 bits per heavy atom. The third-order valence-electron chi connectivity index (χ3n) is 4.14. The molecule has 1 aliphatic heterocycles. The molecule has 0 aromatic heterocycles. The molecule has 2 aromatic carbocycles. The summed E-state index contributed by atoms with van der Waals surface area (Å²) in [7, 11) is 0. The van der Waals surface area contributed by atoms with Crippen LogP contribution in [0, 0.1) is 0 Å². The van der Waals surface area contributed by atoms with Crippen molar-refractivity contribution in [2.24, 2.45) is 0 Å². The van der Waals surface area contributed by atoms with Gasteiger partial charge in [-0.2, -0.15) is 0 Å². The molecule has 6 nitrogen and oxygen atoms in total. The van der Waals surface area contributed by atoms with Crippen molar-refractivity contribution >= 4 is 17.6 Å². The molecular weight excluding hydrogens is 332 g/mol. The molecule has 26 heavy (non-hydrogen) atoms. The van der Waals surface area contributed by atoms with Crippen LogP contribution >= 0.6 is 0 Å². The summed E-state index contributed by atoms with van der Waals surface area (Å²) in [5, 5.41) is 6.10. The van der Waals surface area contributed by atoms with Gasteiger partial charge in [-0.25, -0.2) is 4.79 Å². The van der Waals surface area contributed by atoms with E-state index in [-0.39, 0.29) is 24.5 Å². The van der Waals surface area contributed by atoms with E-state index >= 15 is 0 Å². The number of amides is 1. The molecule has 6 heteroatoms. The molecule has 0 saturated carbocycles. The fraction of sp³-hybridized carbons (Fsp3) is 0.300. The number of esters is 1. The Morgan fingerprint density at radius 1 is 1.15 bits per heavy atom. The number of anilines is 1. The zero-order valence-corrected chi connectivity index (χ0v) is 14.7. The second kappa shape index (κ2) is 8.38. The number of carbonyl (C=O) groups excluding carboxylic acids is 2. The normalized spacial score (nSPS) is 15.3. The van der Waals surface area contributed by atoms with Crippen LogP contribution in [-0.2, 0) is 9.53 Å². The smallest absolute Gasteiger partial charge is 0.338 e. The minimum absolute atomic E-state index is 0.0413. The van der Waals surface area contributed by atoms with Crippen molar-refractivity contribution in [3.8, 4) is 5.75 Å². The van der Waals surface area contributed by atoms with E-state index in [0.29, 0.717) is 18.8 Å². The first kappa shape index (κ1) is 17.8. The van der Waals surface area contributed by atoms with Crippen molar-refractivity contribution in [3.63, 3.8) is 0 Å². The molecular formula is C20H22N2O4. The van der Waals surface area contributed by atoms with Gasteiger partial charge in [-0.3, -0.25) is 4.79 Å². The van der Waals surface area contributed by atoms with E-state index < -0.39 is 0 Å². The molecule has 0 fully saturated rings. The van der Waals surface area contributed by atoms with Gasteiger partial charge in [0, 0.05) is 17.7 Å². The van der Waals surface area contributed by atoms with Crippen LogP contribution in [0.15, 0.2) is 48.5 Å². The summed E-state index contributed by atoms with van der Waals surface area (Å²) in [5.74, 6) is 0.378. The maximum Gasteiger partial charge on any atom is 0.338 e. The first-order valence-electron chi connectivity index (χ1n) is 8.69. The van der Waals surface area contributed by atoms with Crippen LogP contribution in [0.25, 0.3) is 0 Å². The lowest BCUT2D eigenvalue weighted by Gasteiger charge is -2.26. The lowest BCUT2D eigenvalue weighted by Crippen LogP contribution is -2.35. The van der Waals surface area contributed by atoms with Crippen LogP contribution in [0.4, 0.5) is 5.69 Å². The van der Waals surface area contributed by atoms with Gasteiger partial charge in [0.15, 0.2) is 0 Å². The molecule has 0 spiro atoms. The Bertz CT molecular complexity index is 774. The highest BCUT2D eigenvalue weighted by molar-refractivity contribution is 5.90. The largest absolute Gasteiger partial charge is 0.493 e. The minimum Gasteiger partial charge on any atom is -0.493 e. The fourth-order valence-corrected chi connectivity index (χ4v) is 2.86. The Labute approximate surface area is 152 Å². The monoisotopic (exact) mass is 354 g/mol. The average molecular weight is 354 g/mol. The van der Waals surface area contributed by atoms with Crippen molar-refractivity contribution in [1.29, 1.82) is 0 Å². The van der Waals surface area contributed by atoms with E-state index in [1.807, 2.05) is 24.3 Å². The number of rotatable bonds is 6. The topological polar surface area (TPSA) is 76.7 Å².